The van der Waals surface area contributed by atoms with E-state index in [1.165, 1.54) is 10.4 Å². The van der Waals surface area contributed by atoms with Gasteiger partial charge in [0.05, 0.1) is 12.1 Å². The molecule has 0 aliphatic carbocycles. The number of aromatic nitrogens is 1. The van der Waals surface area contributed by atoms with Crippen molar-refractivity contribution in [1.82, 2.24) is 10.3 Å². The molecule has 1 aromatic carbocycles. The van der Waals surface area contributed by atoms with Gasteiger partial charge in [-0.2, -0.15) is 0 Å². The summed E-state index contributed by atoms with van der Waals surface area (Å²) in [7, 11) is 0. The number of amides is 1. The Bertz CT molecular complexity index is 815. The third-order valence-corrected chi connectivity index (χ3v) is 4.68. The molecule has 0 fully saturated rings. The molecule has 0 aliphatic heterocycles. The predicted molar refractivity (Wildman–Crippen MR) is 95.2 cm³/mol. The molecule has 1 N–H and O–H groups in total. The predicted octanol–water partition coefficient (Wildman–Crippen LogP) is 3.96. The summed E-state index contributed by atoms with van der Waals surface area (Å²) >= 11 is 1.65. The lowest BCUT2D eigenvalue weighted by molar-refractivity contribution is 0.0946. The Kier molecular flexibility index (Phi) is 5.23. The topological polar surface area (TPSA) is 51.2 Å². The molecular formula is C19H18N2O2S. The molecule has 1 amide bonds. The Balaban J connectivity index is 1.66. The lowest BCUT2D eigenvalue weighted by atomic mass is 10.2. The van der Waals surface area contributed by atoms with Gasteiger partial charge in [0.15, 0.2) is 0 Å². The summed E-state index contributed by atoms with van der Waals surface area (Å²) in [5, 5.41) is 4.99. The molecule has 0 unspecified atom stereocenters. The van der Waals surface area contributed by atoms with Gasteiger partial charge in [0.25, 0.3) is 5.91 Å². The second kappa shape index (κ2) is 7.75. The molecule has 24 heavy (non-hydrogen) atoms. The van der Waals surface area contributed by atoms with Gasteiger partial charge in [-0.05, 0) is 53.8 Å². The van der Waals surface area contributed by atoms with Crippen molar-refractivity contribution in [1.29, 1.82) is 0 Å². The first-order valence-corrected chi connectivity index (χ1v) is 8.54. The number of thiophene rings is 1. The highest BCUT2D eigenvalue weighted by Crippen LogP contribution is 2.20. The number of rotatable bonds is 6. The zero-order valence-corrected chi connectivity index (χ0v) is 14.2. The number of nitrogens with one attached hydrogen (secondary N) is 1. The third kappa shape index (κ3) is 4.00. The molecule has 4 nitrogen and oxygen atoms in total. The number of hydrogen-bond donors (Lipinski definition) is 1. The molecule has 0 spiro atoms. The number of benzene rings is 1. The Hall–Kier alpha value is -2.66. The van der Waals surface area contributed by atoms with E-state index in [1.54, 1.807) is 29.8 Å². The minimum Gasteiger partial charge on any atom is -0.488 e. The standard InChI is InChI=1S/C19H18N2O2S/c1-14-8-11-24-18(14)12-21-19(22)16-4-2-3-5-17(16)23-13-15-6-9-20-10-7-15/h2-11H,12-13H2,1H3,(H,21,22). The number of aryl methyl sites for hydroxylation is 1. The summed E-state index contributed by atoms with van der Waals surface area (Å²) in [6.45, 7) is 2.97. The maximum Gasteiger partial charge on any atom is 0.255 e. The molecule has 5 heteroatoms. The summed E-state index contributed by atoms with van der Waals surface area (Å²) in [6.07, 6.45) is 3.45. The first-order valence-electron chi connectivity index (χ1n) is 7.66. The maximum atomic E-state index is 12.5. The SMILES string of the molecule is Cc1ccsc1CNC(=O)c1ccccc1OCc1ccncc1. The summed E-state index contributed by atoms with van der Waals surface area (Å²) in [5.41, 5.74) is 2.75. The highest BCUT2D eigenvalue weighted by atomic mass is 32.1. The van der Waals surface area contributed by atoms with Crippen molar-refractivity contribution in [3.05, 3.63) is 81.8 Å². The van der Waals surface area contributed by atoms with Crippen LogP contribution in [0.2, 0.25) is 0 Å². The summed E-state index contributed by atoms with van der Waals surface area (Å²) in [6, 6.07) is 13.1. The second-order valence-electron chi connectivity index (χ2n) is 5.35. The van der Waals surface area contributed by atoms with Crippen LogP contribution in [0.15, 0.2) is 60.2 Å². The van der Waals surface area contributed by atoms with Gasteiger partial charge < -0.3 is 10.1 Å². The van der Waals surface area contributed by atoms with Crippen molar-refractivity contribution in [3.63, 3.8) is 0 Å². The van der Waals surface area contributed by atoms with E-state index in [9.17, 15) is 4.79 Å². The van der Waals surface area contributed by atoms with Gasteiger partial charge in [-0.25, -0.2) is 0 Å². The van der Waals surface area contributed by atoms with Crippen LogP contribution in [-0.4, -0.2) is 10.9 Å². The van der Waals surface area contributed by atoms with Gasteiger partial charge in [-0.15, -0.1) is 11.3 Å². The minimum absolute atomic E-state index is 0.131. The van der Waals surface area contributed by atoms with E-state index < -0.39 is 0 Å². The lowest BCUT2D eigenvalue weighted by Crippen LogP contribution is -2.23. The van der Waals surface area contributed by atoms with Crippen LogP contribution in [0.3, 0.4) is 0 Å². The normalized spacial score (nSPS) is 10.4. The van der Waals surface area contributed by atoms with Crippen LogP contribution in [0.5, 0.6) is 5.75 Å². The fraction of sp³-hybridized carbons (Fsp3) is 0.158. The van der Waals surface area contributed by atoms with Crippen LogP contribution >= 0.6 is 11.3 Å². The van der Waals surface area contributed by atoms with Crippen molar-refractivity contribution in [2.45, 2.75) is 20.1 Å². The Labute approximate surface area is 145 Å². The number of ether oxygens (including phenoxy) is 1. The summed E-state index contributed by atoms with van der Waals surface area (Å²) in [5.74, 6) is 0.447. The van der Waals surface area contributed by atoms with Crippen molar-refractivity contribution >= 4 is 17.2 Å². The highest BCUT2D eigenvalue weighted by Gasteiger charge is 2.12. The van der Waals surface area contributed by atoms with Crippen LogP contribution in [0, 0.1) is 6.92 Å². The van der Waals surface area contributed by atoms with E-state index in [1.807, 2.05) is 42.6 Å². The highest BCUT2D eigenvalue weighted by molar-refractivity contribution is 7.10. The van der Waals surface area contributed by atoms with Gasteiger partial charge in [0.1, 0.15) is 12.4 Å². The second-order valence-corrected chi connectivity index (χ2v) is 6.35. The van der Waals surface area contributed by atoms with Crippen LogP contribution in [-0.2, 0) is 13.2 Å². The Morgan fingerprint density at radius 1 is 1.17 bits per heavy atom. The number of para-hydroxylation sites is 1. The molecule has 2 aromatic heterocycles. The first kappa shape index (κ1) is 16.2. The Morgan fingerprint density at radius 2 is 1.96 bits per heavy atom. The molecule has 3 rings (SSSR count). The summed E-state index contributed by atoms with van der Waals surface area (Å²) in [4.78, 5) is 17.6. The molecule has 2 heterocycles. The fourth-order valence-corrected chi connectivity index (χ4v) is 3.11. The summed E-state index contributed by atoms with van der Waals surface area (Å²) < 4.78 is 5.82. The molecule has 3 aromatic rings. The van der Waals surface area contributed by atoms with Gasteiger partial charge in [-0.3, -0.25) is 9.78 Å². The number of pyridine rings is 1. The van der Waals surface area contributed by atoms with E-state index in [-0.39, 0.29) is 5.91 Å². The van der Waals surface area contributed by atoms with Crippen molar-refractivity contribution in [2.75, 3.05) is 0 Å². The molecule has 0 aliphatic rings. The van der Waals surface area contributed by atoms with E-state index in [0.29, 0.717) is 24.5 Å². The largest absolute Gasteiger partial charge is 0.488 e. The van der Waals surface area contributed by atoms with Gasteiger partial charge in [0.2, 0.25) is 0 Å². The minimum atomic E-state index is -0.131. The van der Waals surface area contributed by atoms with E-state index in [0.717, 1.165) is 5.56 Å². The van der Waals surface area contributed by atoms with Gasteiger partial charge in [0, 0.05) is 17.3 Å². The monoisotopic (exact) mass is 338 g/mol. The molecule has 122 valence electrons. The molecular weight excluding hydrogens is 320 g/mol. The number of carbonyl (C=O) groups excluding carboxylic acids is 1. The number of nitrogens with zero attached hydrogens (tertiary/aromatic N) is 1. The maximum absolute atomic E-state index is 12.5. The average molecular weight is 338 g/mol. The Morgan fingerprint density at radius 3 is 2.71 bits per heavy atom. The fourth-order valence-electron chi connectivity index (χ4n) is 2.26. The number of carbonyl (C=O) groups is 1. The lowest BCUT2D eigenvalue weighted by Gasteiger charge is -2.11. The van der Waals surface area contributed by atoms with Crippen molar-refractivity contribution < 1.29 is 9.53 Å². The number of hydrogen-bond acceptors (Lipinski definition) is 4. The molecule has 0 radical (unpaired) electrons. The van der Waals surface area contributed by atoms with Crippen molar-refractivity contribution in [2.24, 2.45) is 0 Å². The van der Waals surface area contributed by atoms with Gasteiger partial charge >= 0.3 is 0 Å². The zero-order valence-electron chi connectivity index (χ0n) is 13.4. The molecule has 0 saturated carbocycles. The van der Waals surface area contributed by atoms with Crippen LogP contribution < -0.4 is 10.1 Å². The first-order chi connectivity index (χ1) is 11.7. The van der Waals surface area contributed by atoms with Crippen LogP contribution in [0.1, 0.15) is 26.4 Å². The van der Waals surface area contributed by atoms with Crippen LogP contribution in [0.25, 0.3) is 0 Å². The van der Waals surface area contributed by atoms with Crippen LogP contribution in [0.4, 0.5) is 0 Å². The van der Waals surface area contributed by atoms with Gasteiger partial charge in [-0.1, -0.05) is 12.1 Å². The third-order valence-electron chi connectivity index (χ3n) is 3.65. The smallest absolute Gasteiger partial charge is 0.255 e. The van der Waals surface area contributed by atoms with E-state index >= 15 is 0 Å². The molecule has 0 bridgehead atoms. The quantitative estimate of drug-likeness (QED) is 0.740. The van der Waals surface area contributed by atoms with Crippen molar-refractivity contribution in [3.8, 4) is 5.75 Å². The van der Waals surface area contributed by atoms with E-state index in [4.69, 9.17) is 4.74 Å². The average Bonchev–Trinajstić information content (AvgIpc) is 3.04. The molecule has 0 atom stereocenters. The molecule has 0 saturated heterocycles. The zero-order chi connectivity index (χ0) is 16.8. The van der Waals surface area contributed by atoms with E-state index in [2.05, 4.69) is 16.4 Å².